The molecule has 3 fully saturated rings. The van der Waals surface area contributed by atoms with Crippen molar-refractivity contribution < 1.29 is 0 Å². The molecule has 3 aliphatic heterocycles. The van der Waals surface area contributed by atoms with Crippen LogP contribution in [0.5, 0.6) is 0 Å². The molecule has 0 bridgehead atoms. The van der Waals surface area contributed by atoms with Crippen LogP contribution in [0.25, 0.3) is 0 Å². The Morgan fingerprint density at radius 1 is 0.542 bits per heavy atom. The first-order valence-corrected chi connectivity index (χ1v) is 10.1. The molecule has 0 saturated carbocycles. The minimum Gasteiger partial charge on any atom is -0.297 e. The number of likely N-dealkylation sites (tertiary alicyclic amines) is 2. The Bertz CT molecular complexity index is 414. The monoisotopic (exact) mass is 336 g/mol. The number of rotatable bonds is 2. The Labute approximate surface area is 150 Å². The van der Waals surface area contributed by atoms with Gasteiger partial charge in [0.2, 0.25) is 0 Å². The summed E-state index contributed by atoms with van der Waals surface area (Å²) in [4.78, 5) is 10.9. The maximum absolute atomic E-state index is 2.80. The lowest BCUT2D eigenvalue weighted by Crippen LogP contribution is -2.56. The summed E-state index contributed by atoms with van der Waals surface area (Å²) >= 11 is 0. The first-order valence-electron chi connectivity index (χ1n) is 10.1. The fourth-order valence-electron chi connectivity index (χ4n) is 4.80. The molecule has 0 amide bonds. The van der Waals surface area contributed by atoms with E-state index in [9.17, 15) is 0 Å². The van der Waals surface area contributed by atoms with E-state index >= 15 is 0 Å². The highest BCUT2D eigenvalue weighted by atomic mass is 15.3. The molecule has 140 valence electrons. The second kappa shape index (κ2) is 6.86. The Kier molecular flexibility index (Phi) is 5.33. The van der Waals surface area contributed by atoms with Gasteiger partial charge in [-0.05, 0) is 54.4 Å². The van der Waals surface area contributed by atoms with Gasteiger partial charge in [-0.2, -0.15) is 0 Å². The van der Waals surface area contributed by atoms with Crippen LogP contribution in [-0.2, 0) is 0 Å². The zero-order chi connectivity index (χ0) is 17.5. The summed E-state index contributed by atoms with van der Waals surface area (Å²) in [6, 6.07) is 1.60. The van der Waals surface area contributed by atoms with E-state index in [-0.39, 0.29) is 0 Å². The van der Waals surface area contributed by atoms with Gasteiger partial charge in [0.1, 0.15) is 0 Å². The summed E-state index contributed by atoms with van der Waals surface area (Å²) in [5.41, 5.74) is 0.658. The number of hydrogen-bond donors (Lipinski definition) is 0. The Morgan fingerprint density at radius 3 is 1.62 bits per heavy atom. The smallest absolute Gasteiger partial charge is 0.0236 e. The van der Waals surface area contributed by atoms with Crippen LogP contribution < -0.4 is 0 Å². The van der Waals surface area contributed by atoms with Gasteiger partial charge in [-0.25, -0.2) is 0 Å². The van der Waals surface area contributed by atoms with Crippen molar-refractivity contribution in [2.75, 3.05) is 52.4 Å². The highest BCUT2D eigenvalue weighted by molar-refractivity contribution is 4.95. The van der Waals surface area contributed by atoms with Crippen molar-refractivity contribution in [2.45, 2.75) is 77.5 Å². The number of nitrogens with zero attached hydrogens (tertiary/aromatic N) is 4. The third kappa shape index (κ3) is 4.14. The van der Waals surface area contributed by atoms with E-state index in [0.717, 1.165) is 12.1 Å². The van der Waals surface area contributed by atoms with Gasteiger partial charge in [-0.3, -0.25) is 19.6 Å². The maximum atomic E-state index is 2.80. The summed E-state index contributed by atoms with van der Waals surface area (Å²) in [7, 11) is 0. The molecular weight excluding hydrogens is 296 g/mol. The molecule has 3 rings (SSSR count). The summed E-state index contributed by atoms with van der Waals surface area (Å²) in [5, 5.41) is 0. The molecule has 3 saturated heterocycles. The molecule has 2 atom stereocenters. The Morgan fingerprint density at radius 2 is 1.08 bits per heavy atom. The van der Waals surface area contributed by atoms with Crippen molar-refractivity contribution in [3.05, 3.63) is 0 Å². The lowest BCUT2D eigenvalue weighted by atomic mass is 10.0. The zero-order valence-electron chi connectivity index (χ0n) is 17.0. The van der Waals surface area contributed by atoms with Crippen LogP contribution in [0.15, 0.2) is 0 Å². The quantitative estimate of drug-likeness (QED) is 0.767. The van der Waals surface area contributed by atoms with Crippen molar-refractivity contribution in [1.82, 2.24) is 19.6 Å². The normalized spacial score (nSPS) is 32.8. The number of piperazine rings is 1. The fourth-order valence-corrected chi connectivity index (χ4v) is 4.80. The molecule has 0 radical (unpaired) electrons. The van der Waals surface area contributed by atoms with Gasteiger partial charge < -0.3 is 0 Å². The molecule has 0 aromatic heterocycles. The average Bonchev–Trinajstić information content (AvgIpc) is 3.15. The molecule has 2 unspecified atom stereocenters. The SMILES string of the molecule is CC(C)(C)N1CCN(C2CCN(C3CCN(C(C)(C)C)C3)C2)CC1. The van der Waals surface area contributed by atoms with E-state index < -0.39 is 0 Å². The molecule has 0 N–H and O–H groups in total. The Hall–Kier alpha value is -0.160. The van der Waals surface area contributed by atoms with E-state index in [1.165, 1.54) is 65.2 Å². The minimum atomic E-state index is 0.327. The second-order valence-corrected chi connectivity index (χ2v) is 10.2. The van der Waals surface area contributed by atoms with Crippen LogP contribution in [0.2, 0.25) is 0 Å². The molecule has 0 aromatic carbocycles. The van der Waals surface area contributed by atoms with E-state index in [0.29, 0.717) is 11.1 Å². The number of hydrogen-bond acceptors (Lipinski definition) is 4. The van der Waals surface area contributed by atoms with Crippen LogP contribution in [0.3, 0.4) is 0 Å². The van der Waals surface area contributed by atoms with Crippen LogP contribution in [0.4, 0.5) is 0 Å². The predicted molar refractivity (Wildman–Crippen MR) is 103 cm³/mol. The van der Waals surface area contributed by atoms with Gasteiger partial charge in [-0.15, -0.1) is 0 Å². The van der Waals surface area contributed by atoms with Crippen molar-refractivity contribution in [3.63, 3.8) is 0 Å². The first kappa shape index (κ1) is 18.6. The third-order valence-corrected chi connectivity index (χ3v) is 6.60. The van der Waals surface area contributed by atoms with E-state index in [4.69, 9.17) is 0 Å². The average molecular weight is 337 g/mol. The zero-order valence-corrected chi connectivity index (χ0v) is 17.0. The predicted octanol–water partition coefficient (Wildman–Crippen LogP) is 2.35. The molecule has 3 heterocycles. The summed E-state index contributed by atoms with van der Waals surface area (Å²) < 4.78 is 0. The van der Waals surface area contributed by atoms with E-state index in [1.807, 2.05) is 0 Å². The first-order chi connectivity index (χ1) is 11.1. The highest BCUT2D eigenvalue weighted by Crippen LogP contribution is 2.28. The maximum Gasteiger partial charge on any atom is 0.0236 e. The highest BCUT2D eigenvalue weighted by Gasteiger charge is 2.38. The standard InChI is InChI=1S/C20H40N4/c1-19(2,3)23-13-11-21(12-14-23)17-7-9-22(15-17)18-8-10-24(16-18)20(4,5)6/h17-18H,7-16H2,1-6H3. The molecule has 0 aliphatic carbocycles. The fraction of sp³-hybridized carbons (Fsp3) is 1.00. The summed E-state index contributed by atoms with van der Waals surface area (Å²) in [6.45, 7) is 24.3. The van der Waals surface area contributed by atoms with Crippen LogP contribution in [0, 0.1) is 0 Å². The Balaban J connectivity index is 1.47. The van der Waals surface area contributed by atoms with Gasteiger partial charge in [-0.1, -0.05) is 0 Å². The topological polar surface area (TPSA) is 13.0 Å². The lowest BCUT2D eigenvalue weighted by Gasteiger charge is -2.44. The molecule has 3 aliphatic rings. The lowest BCUT2D eigenvalue weighted by molar-refractivity contribution is 0.0424. The van der Waals surface area contributed by atoms with Gasteiger partial charge in [0.25, 0.3) is 0 Å². The van der Waals surface area contributed by atoms with Crippen molar-refractivity contribution in [1.29, 1.82) is 0 Å². The summed E-state index contributed by atoms with van der Waals surface area (Å²) in [6.07, 6.45) is 2.74. The summed E-state index contributed by atoms with van der Waals surface area (Å²) in [5.74, 6) is 0. The molecule has 24 heavy (non-hydrogen) atoms. The van der Waals surface area contributed by atoms with E-state index in [2.05, 4.69) is 61.1 Å². The van der Waals surface area contributed by atoms with Gasteiger partial charge in [0, 0.05) is 75.5 Å². The van der Waals surface area contributed by atoms with Gasteiger partial charge in [0.05, 0.1) is 0 Å². The van der Waals surface area contributed by atoms with Crippen LogP contribution >= 0.6 is 0 Å². The van der Waals surface area contributed by atoms with E-state index in [1.54, 1.807) is 0 Å². The molecular formula is C20H40N4. The molecule has 4 nitrogen and oxygen atoms in total. The van der Waals surface area contributed by atoms with Crippen LogP contribution in [0.1, 0.15) is 54.4 Å². The van der Waals surface area contributed by atoms with Crippen molar-refractivity contribution in [2.24, 2.45) is 0 Å². The van der Waals surface area contributed by atoms with Crippen molar-refractivity contribution >= 4 is 0 Å². The molecule has 0 spiro atoms. The third-order valence-electron chi connectivity index (χ3n) is 6.60. The van der Waals surface area contributed by atoms with Gasteiger partial charge >= 0.3 is 0 Å². The largest absolute Gasteiger partial charge is 0.297 e. The van der Waals surface area contributed by atoms with Crippen LogP contribution in [-0.4, -0.2) is 95.1 Å². The molecule has 0 aromatic rings. The van der Waals surface area contributed by atoms with Gasteiger partial charge in [0.15, 0.2) is 0 Å². The second-order valence-electron chi connectivity index (χ2n) is 10.2. The van der Waals surface area contributed by atoms with Crippen molar-refractivity contribution in [3.8, 4) is 0 Å². The molecule has 4 heteroatoms. The minimum absolute atomic E-state index is 0.327.